The fraction of sp³-hybridized carbons (Fsp3) is 0.455. The number of rotatable bonds is 5. The first-order valence-corrected chi connectivity index (χ1v) is 12.3. The summed E-state index contributed by atoms with van der Waals surface area (Å²) < 4.78 is 30.4. The molecular formula is C22H26Cl2FN3O4S. The Kier molecular flexibility index (Phi) is 8.01. The van der Waals surface area contributed by atoms with Crippen molar-refractivity contribution < 1.29 is 18.8 Å². The van der Waals surface area contributed by atoms with E-state index in [1.165, 1.54) is 24.4 Å². The monoisotopic (exact) mass is 517 g/mol. The average Bonchev–Trinajstić information content (AvgIpc) is 2.76. The molecule has 1 amide bonds. The molecule has 3 rings (SSSR count). The Morgan fingerprint density at radius 1 is 1.33 bits per heavy atom. The number of nitrogens with zero attached hydrogens (tertiary/aromatic N) is 1. The van der Waals surface area contributed by atoms with Crippen LogP contribution >= 0.6 is 23.2 Å². The lowest BCUT2D eigenvalue weighted by molar-refractivity contribution is 0.0672. The number of H-pyrrole nitrogens is 1. The molecule has 2 heterocycles. The predicted molar refractivity (Wildman–Crippen MR) is 128 cm³/mol. The number of hydrogen-bond acceptors (Lipinski definition) is 5. The van der Waals surface area contributed by atoms with E-state index in [1.807, 2.05) is 0 Å². The number of hydrogen-bond donors (Lipinski definition) is 3. The van der Waals surface area contributed by atoms with Gasteiger partial charge in [0.2, 0.25) is 5.56 Å². The third-order valence-corrected chi connectivity index (χ3v) is 7.95. The number of phenols is 1. The molecule has 33 heavy (non-hydrogen) atoms. The second-order valence-corrected chi connectivity index (χ2v) is 11.8. The minimum atomic E-state index is -1.57. The van der Waals surface area contributed by atoms with Crippen LogP contribution < -0.4 is 10.3 Å². The van der Waals surface area contributed by atoms with Crippen LogP contribution in [0.25, 0.3) is 0 Å². The smallest absolute Gasteiger partial charge is 0.255 e. The molecule has 1 aliphatic rings. The van der Waals surface area contributed by atoms with E-state index in [0.717, 1.165) is 0 Å². The topological polar surface area (TPSA) is 108 Å². The van der Waals surface area contributed by atoms with E-state index in [2.05, 4.69) is 9.71 Å². The maximum absolute atomic E-state index is 15.1. The summed E-state index contributed by atoms with van der Waals surface area (Å²) in [5.41, 5.74) is -0.0216. The number of halogens is 3. The summed E-state index contributed by atoms with van der Waals surface area (Å²) in [5, 5.41) is 10.1. The SMILES string of the molecule is CC(C)(C)[S@+]([O-])N[C@@H](c1c(O)cc(Cl)c(Cl)c1F)C1CCN(C(=O)c2ccc(=O)[nH]c2)CC1. The standard InChI is InChI=1S/C22H26Cl2FN3O4S/c1-22(2,3)33(32)27-20(17-15(29)10-14(23)18(24)19(17)25)12-6-8-28(9-7-12)21(31)13-4-5-16(30)26-11-13/h4-5,10-12,20,27,29H,6-9H2,1-3H3,(H,26,30)/t20-,33+/m1/s1. The lowest BCUT2D eigenvalue weighted by atomic mass is 9.85. The van der Waals surface area contributed by atoms with Crippen LogP contribution in [-0.4, -0.2) is 43.3 Å². The summed E-state index contributed by atoms with van der Waals surface area (Å²) in [5.74, 6) is -1.71. The summed E-state index contributed by atoms with van der Waals surface area (Å²) in [6.45, 7) is 6.08. The second kappa shape index (κ2) is 10.2. The van der Waals surface area contributed by atoms with Gasteiger partial charge in [0.1, 0.15) is 10.5 Å². The molecule has 0 spiro atoms. The summed E-state index contributed by atoms with van der Waals surface area (Å²) in [4.78, 5) is 28.1. The van der Waals surface area contributed by atoms with Crippen LogP contribution in [0.4, 0.5) is 4.39 Å². The zero-order valence-corrected chi connectivity index (χ0v) is 20.8. The van der Waals surface area contributed by atoms with Crippen LogP contribution in [0.3, 0.4) is 0 Å². The highest BCUT2D eigenvalue weighted by atomic mass is 35.5. The predicted octanol–water partition coefficient (Wildman–Crippen LogP) is 4.17. The van der Waals surface area contributed by atoms with Crippen molar-refractivity contribution >= 4 is 40.5 Å². The van der Waals surface area contributed by atoms with E-state index >= 15 is 4.39 Å². The van der Waals surface area contributed by atoms with Gasteiger partial charge in [-0.3, -0.25) is 9.59 Å². The van der Waals surface area contributed by atoms with Gasteiger partial charge in [0, 0.05) is 42.8 Å². The maximum Gasteiger partial charge on any atom is 0.255 e. The second-order valence-electron chi connectivity index (χ2n) is 8.97. The molecule has 1 saturated heterocycles. The molecule has 0 saturated carbocycles. The van der Waals surface area contributed by atoms with Crippen LogP contribution in [0.5, 0.6) is 5.75 Å². The molecule has 0 unspecified atom stereocenters. The Bertz CT molecular complexity index is 1060. The van der Waals surface area contributed by atoms with E-state index in [0.29, 0.717) is 31.5 Å². The van der Waals surface area contributed by atoms with Gasteiger partial charge in [0.05, 0.1) is 27.2 Å². The van der Waals surface area contributed by atoms with Crippen molar-refractivity contribution in [1.29, 1.82) is 0 Å². The van der Waals surface area contributed by atoms with Gasteiger partial charge in [-0.15, -0.1) is 4.72 Å². The number of piperidine rings is 1. The Balaban J connectivity index is 1.85. The van der Waals surface area contributed by atoms with E-state index < -0.39 is 28.0 Å². The first kappa shape index (κ1) is 25.8. The zero-order valence-electron chi connectivity index (χ0n) is 18.5. The number of aromatic hydroxyl groups is 1. The quantitative estimate of drug-likeness (QED) is 0.407. The van der Waals surface area contributed by atoms with Crippen molar-refractivity contribution in [2.45, 2.75) is 44.4 Å². The first-order chi connectivity index (χ1) is 15.4. The van der Waals surface area contributed by atoms with Crippen molar-refractivity contribution in [3.05, 3.63) is 61.7 Å². The molecule has 1 aromatic heterocycles. The first-order valence-electron chi connectivity index (χ1n) is 10.4. The van der Waals surface area contributed by atoms with Gasteiger partial charge in [0.15, 0.2) is 5.82 Å². The van der Waals surface area contributed by atoms with Crippen LogP contribution in [0.15, 0.2) is 29.2 Å². The Hall–Kier alpha value is -1.78. The summed E-state index contributed by atoms with van der Waals surface area (Å²) in [6, 6.07) is 3.11. The maximum atomic E-state index is 15.1. The Labute approximate surface area is 204 Å². The number of carbonyl (C=O) groups is 1. The number of pyridine rings is 1. The number of aromatic amines is 1. The van der Waals surface area contributed by atoms with Gasteiger partial charge in [-0.05, 0) is 45.6 Å². The van der Waals surface area contributed by atoms with Crippen LogP contribution in [0.2, 0.25) is 10.0 Å². The fourth-order valence-electron chi connectivity index (χ4n) is 3.74. The third kappa shape index (κ3) is 5.84. The van der Waals surface area contributed by atoms with Gasteiger partial charge in [-0.1, -0.05) is 23.2 Å². The number of aromatic nitrogens is 1. The molecule has 0 aliphatic carbocycles. The van der Waals surface area contributed by atoms with Crippen LogP contribution in [-0.2, 0) is 11.4 Å². The van der Waals surface area contributed by atoms with Crippen LogP contribution in [0, 0.1) is 11.7 Å². The molecule has 0 bridgehead atoms. The van der Waals surface area contributed by atoms with E-state index in [4.69, 9.17) is 23.2 Å². The number of nitrogens with one attached hydrogen (secondary N) is 2. The number of likely N-dealkylation sites (tertiary alicyclic amines) is 1. The number of benzene rings is 1. The van der Waals surface area contributed by atoms with Crippen LogP contribution in [0.1, 0.15) is 55.6 Å². The van der Waals surface area contributed by atoms with Crippen molar-refractivity contribution in [3.8, 4) is 5.75 Å². The molecule has 3 N–H and O–H groups in total. The number of carbonyl (C=O) groups excluding carboxylic acids is 1. The highest BCUT2D eigenvalue weighted by Crippen LogP contribution is 2.42. The lowest BCUT2D eigenvalue weighted by Crippen LogP contribution is -2.46. The average molecular weight is 518 g/mol. The molecule has 1 fully saturated rings. The molecule has 1 aromatic carbocycles. The largest absolute Gasteiger partial charge is 0.598 e. The third-order valence-electron chi connectivity index (χ3n) is 5.61. The molecule has 180 valence electrons. The van der Waals surface area contributed by atoms with E-state index in [-0.39, 0.29) is 38.7 Å². The van der Waals surface area contributed by atoms with Crippen molar-refractivity contribution in [2.75, 3.05) is 13.1 Å². The Morgan fingerprint density at radius 2 is 1.97 bits per heavy atom. The fourth-order valence-corrected chi connectivity index (χ4v) is 4.97. The molecule has 1 aliphatic heterocycles. The highest BCUT2D eigenvalue weighted by molar-refractivity contribution is 7.90. The van der Waals surface area contributed by atoms with Crippen molar-refractivity contribution in [2.24, 2.45) is 5.92 Å². The minimum absolute atomic E-state index is 0.0904. The normalized spacial score (nSPS) is 17.1. The van der Waals surface area contributed by atoms with E-state index in [9.17, 15) is 19.2 Å². The number of amides is 1. The highest BCUT2D eigenvalue weighted by Gasteiger charge is 2.39. The van der Waals surface area contributed by atoms with Crippen molar-refractivity contribution in [3.63, 3.8) is 0 Å². The molecular weight excluding hydrogens is 492 g/mol. The molecule has 7 nitrogen and oxygen atoms in total. The Morgan fingerprint density at radius 3 is 2.52 bits per heavy atom. The van der Waals surface area contributed by atoms with Gasteiger partial charge in [-0.2, -0.15) is 0 Å². The van der Waals surface area contributed by atoms with Gasteiger partial charge >= 0.3 is 0 Å². The molecule has 0 radical (unpaired) electrons. The van der Waals surface area contributed by atoms with Gasteiger partial charge < -0.3 is 19.5 Å². The summed E-state index contributed by atoms with van der Waals surface area (Å²) >= 11 is 10.3. The summed E-state index contributed by atoms with van der Waals surface area (Å²) in [6.07, 6.45) is 2.30. The van der Waals surface area contributed by atoms with Gasteiger partial charge in [-0.25, -0.2) is 4.39 Å². The minimum Gasteiger partial charge on any atom is -0.598 e. The zero-order chi connectivity index (χ0) is 24.5. The van der Waals surface area contributed by atoms with Gasteiger partial charge in [0.25, 0.3) is 5.91 Å². The van der Waals surface area contributed by atoms with E-state index in [1.54, 1.807) is 25.7 Å². The van der Waals surface area contributed by atoms with Crippen molar-refractivity contribution in [1.82, 2.24) is 14.6 Å². The number of phenolic OH excluding ortho intramolecular Hbond substituents is 1. The summed E-state index contributed by atoms with van der Waals surface area (Å²) in [7, 11) is 0. The molecule has 2 atom stereocenters. The lowest BCUT2D eigenvalue weighted by Gasteiger charge is -2.38. The molecule has 2 aromatic rings. The molecule has 11 heteroatoms.